The minimum Gasteiger partial charge on any atom is -0.507 e. The van der Waals surface area contributed by atoms with Crippen LogP contribution in [-0.2, 0) is 0 Å². The Balaban J connectivity index is 2.94. The van der Waals surface area contributed by atoms with E-state index in [-0.39, 0.29) is 11.3 Å². The van der Waals surface area contributed by atoms with Crippen molar-refractivity contribution in [1.29, 1.82) is 5.41 Å². The van der Waals surface area contributed by atoms with Gasteiger partial charge in [0, 0.05) is 6.07 Å². The van der Waals surface area contributed by atoms with E-state index < -0.39 is 0 Å². The second-order valence-corrected chi connectivity index (χ2v) is 3.00. The van der Waals surface area contributed by atoms with Crippen molar-refractivity contribution in [3.8, 4) is 5.75 Å². The maximum Gasteiger partial charge on any atom is 0.211 e. The maximum atomic E-state index is 9.52. The van der Waals surface area contributed by atoms with E-state index in [1.165, 1.54) is 6.07 Å². The first kappa shape index (κ1) is 7.86. The van der Waals surface area contributed by atoms with E-state index in [2.05, 4.69) is 0 Å². The zero-order chi connectivity index (χ0) is 9.42. The molecule has 1 aromatic carbocycles. The molecule has 66 valence electrons. The summed E-state index contributed by atoms with van der Waals surface area (Å²) in [6.07, 6.45) is 0. The largest absolute Gasteiger partial charge is 0.507 e. The highest BCUT2D eigenvalue weighted by Crippen LogP contribution is 2.24. The molecule has 1 heterocycles. The van der Waals surface area contributed by atoms with Crippen LogP contribution in [0.4, 0.5) is 0 Å². The van der Waals surface area contributed by atoms with Crippen molar-refractivity contribution in [3.05, 3.63) is 35.4 Å². The van der Waals surface area contributed by atoms with E-state index in [4.69, 9.17) is 9.83 Å². The number of phenols is 1. The predicted octanol–water partition coefficient (Wildman–Crippen LogP) is 1.93. The number of fused-ring (bicyclic) bond motifs is 1. The van der Waals surface area contributed by atoms with Crippen LogP contribution in [0.15, 0.2) is 28.7 Å². The molecule has 13 heavy (non-hydrogen) atoms. The van der Waals surface area contributed by atoms with Gasteiger partial charge in [-0.25, -0.2) is 0 Å². The number of phenolic OH excluding ortho intramolecular Hbond substituents is 1. The van der Waals surface area contributed by atoms with Crippen LogP contribution >= 0.6 is 0 Å². The summed E-state index contributed by atoms with van der Waals surface area (Å²) in [6, 6.07) is 6.65. The molecule has 0 atom stereocenters. The Morgan fingerprint density at radius 1 is 1.31 bits per heavy atom. The first-order valence-electron chi connectivity index (χ1n) is 3.95. The number of hydrogen-bond donors (Lipinski definition) is 2. The lowest BCUT2D eigenvalue weighted by molar-refractivity contribution is 0.477. The smallest absolute Gasteiger partial charge is 0.211 e. The second kappa shape index (κ2) is 2.62. The summed E-state index contributed by atoms with van der Waals surface area (Å²) in [5, 5.41) is 17.4. The summed E-state index contributed by atoms with van der Waals surface area (Å²) >= 11 is 0. The van der Waals surface area contributed by atoms with Crippen molar-refractivity contribution < 1.29 is 9.52 Å². The molecule has 0 saturated carbocycles. The summed E-state index contributed by atoms with van der Waals surface area (Å²) in [5.74, 6) is 0.193. The molecule has 2 rings (SSSR count). The van der Waals surface area contributed by atoms with Gasteiger partial charge in [0.05, 0.1) is 5.39 Å². The zero-order valence-corrected chi connectivity index (χ0v) is 7.16. The third kappa shape index (κ3) is 1.28. The van der Waals surface area contributed by atoms with Gasteiger partial charge in [0.15, 0.2) is 0 Å². The minimum atomic E-state index is 0.0949. The normalized spacial score (nSPS) is 10.5. The Bertz CT molecular complexity index is 514. The van der Waals surface area contributed by atoms with Gasteiger partial charge in [0.2, 0.25) is 5.55 Å². The Hall–Kier alpha value is -1.77. The number of aromatic hydroxyl groups is 1. The van der Waals surface area contributed by atoms with Crippen molar-refractivity contribution in [2.24, 2.45) is 0 Å². The monoisotopic (exact) mass is 175 g/mol. The SMILES string of the molecule is Cc1cc(O)c2ccc(=N)oc2c1. The highest BCUT2D eigenvalue weighted by Gasteiger charge is 2.01. The predicted molar refractivity (Wildman–Crippen MR) is 48.5 cm³/mol. The van der Waals surface area contributed by atoms with Gasteiger partial charge >= 0.3 is 0 Å². The summed E-state index contributed by atoms with van der Waals surface area (Å²) < 4.78 is 5.13. The van der Waals surface area contributed by atoms with Crippen LogP contribution in [0.5, 0.6) is 5.75 Å². The van der Waals surface area contributed by atoms with E-state index in [1.54, 1.807) is 18.2 Å². The molecule has 2 N–H and O–H groups in total. The number of aryl methyl sites for hydroxylation is 1. The molecule has 3 heteroatoms. The van der Waals surface area contributed by atoms with Crippen LogP contribution in [0.25, 0.3) is 11.0 Å². The summed E-state index contributed by atoms with van der Waals surface area (Å²) in [6.45, 7) is 1.87. The number of hydrogen-bond acceptors (Lipinski definition) is 3. The lowest BCUT2D eigenvalue weighted by Crippen LogP contribution is -1.94. The van der Waals surface area contributed by atoms with E-state index in [1.807, 2.05) is 6.92 Å². The molecule has 0 aliphatic heterocycles. The van der Waals surface area contributed by atoms with E-state index in [0.717, 1.165) is 5.56 Å². The van der Waals surface area contributed by atoms with Gasteiger partial charge in [0.25, 0.3) is 0 Å². The van der Waals surface area contributed by atoms with Gasteiger partial charge in [-0.1, -0.05) is 0 Å². The Morgan fingerprint density at radius 2 is 2.08 bits per heavy atom. The molecule has 0 aliphatic carbocycles. The quantitative estimate of drug-likeness (QED) is 0.642. The van der Waals surface area contributed by atoms with Crippen molar-refractivity contribution in [2.45, 2.75) is 6.92 Å². The van der Waals surface area contributed by atoms with Crippen molar-refractivity contribution in [2.75, 3.05) is 0 Å². The van der Waals surface area contributed by atoms with Crippen LogP contribution in [0.1, 0.15) is 5.56 Å². The highest BCUT2D eigenvalue weighted by molar-refractivity contribution is 5.83. The van der Waals surface area contributed by atoms with Crippen molar-refractivity contribution >= 4 is 11.0 Å². The standard InChI is InChI=1S/C10H9NO2/c1-6-4-8(12)7-2-3-10(11)13-9(7)5-6/h2-5,11-12H,1H3. The molecule has 0 amide bonds. The average Bonchev–Trinajstić information content (AvgIpc) is 2.02. The van der Waals surface area contributed by atoms with Gasteiger partial charge in [-0.15, -0.1) is 0 Å². The Kier molecular flexibility index (Phi) is 1.59. The summed E-state index contributed by atoms with van der Waals surface area (Å²) in [5.41, 5.74) is 1.56. The molecular formula is C10H9NO2. The van der Waals surface area contributed by atoms with Crippen LogP contribution in [-0.4, -0.2) is 5.11 Å². The molecular weight excluding hydrogens is 166 g/mol. The van der Waals surface area contributed by atoms with Crippen LogP contribution in [0.2, 0.25) is 0 Å². The zero-order valence-electron chi connectivity index (χ0n) is 7.16. The number of rotatable bonds is 0. The Morgan fingerprint density at radius 3 is 2.85 bits per heavy atom. The molecule has 0 bridgehead atoms. The van der Waals surface area contributed by atoms with Crippen LogP contribution < -0.4 is 5.55 Å². The van der Waals surface area contributed by atoms with E-state index in [9.17, 15) is 5.11 Å². The lowest BCUT2D eigenvalue weighted by Gasteiger charge is -2.00. The number of benzene rings is 1. The molecule has 0 radical (unpaired) electrons. The molecule has 0 saturated heterocycles. The molecule has 0 fully saturated rings. The van der Waals surface area contributed by atoms with Crippen molar-refractivity contribution in [3.63, 3.8) is 0 Å². The number of nitrogens with one attached hydrogen (secondary N) is 1. The minimum absolute atomic E-state index is 0.0949. The van der Waals surface area contributed by atoms with Gasteiger partial charge in [-0.2, -0.15) is 0 Å². The average molecular weight is 175 g/mol. The fourth-order valence-electron chi connectivity index (χ4n) is 1.31. The molecule has 0 spiro atoms. The van der Waals surface area contributed by atoms with Gasteiger partial charge < -0.3 is 9.52 Å². The third-order valence-corrected chi connectivity index (χ3v) is 1.89. The fraction of sp³-hybridized carbons (Fsp3) is 0.100. The third-order valence-electron chi connectivity index (χ3n) is 1.89. The van der Waals surface area contributed by atoms with Crippen LogP contribution in [0, 0.1) is 12.3 Å². The molecule has 3 nitrogen and oxygen atoms in total. The molecule has 0 unspecified atom stereocenters. The van der Waals surface area contributed by atoms with Gasteiger partial charge in [0.1, 0.15) is 11.3 Å². The summed E-state index contributed by atoms with van der Waals surface area (Å²) in [4.78, 5) is 0. The first-order chi connectivity index (χ1) is 6.16. The van der Waals surface area contributed by atoms with Crippen LogP contribution in [0.3, 0.4) is 0 Å². The van der Waals surface area contributed by atoms with E-state index in [0.29, 0.717) is 11.0 Å². The first-order valence-corrected chi connectivity index (χ1v) is 3.95. The molecule has 1 aromatic heterocycles. The topological polar surface area (TPSA) is 57.2 Å². The van der Waals surface area contributed by atoms with Gasteiger partial charge in [-0.05, 0) is 30.7 Å². The lowest BCUT2D eigenvalue weighted by atomic mass is 10.1. The van der Waals surface area contributed by atoms with E-state index >= 15 is 0 Å². The fourth-order valence-corrected chi connectivity index (χ4v) is 1.31. The molecule has 2 aromatic rings. The van der Waals surface area contributed by atoms with Gasteiger partial charge in [-0.3, -0.25) is 5.41 Å². The highest BCUT2D eigenvalue weighted by atomic mass is 16.3. The summed E-state index contributed by atoms with van der Waals surface area (Å²) in [7, 11) is 0. The Labute approximate surface area is 74.8 Å². The second-order valence-electron chi connectivity index (χ2n) is 3.00. The maximum absolute atomic E-state index is 9.52. The van der Waals surface area contributed by atoms with Crippen molar-refractivity contribution in [1.82, 2.24) is 0 Å². The molecule has 0 aliphatic rings.